The smallest absolute Gasteiger partial charge is 0.346 e. The number of nitrogens with zero attached hydrogens (tertiary/aromatic N) is 4. The van der Waals surface area contributed by atoms with Crippen molar-refractivity contribution in [3.8, 4) is 0 Å². The second-order valence-corrected chi connectivity index (χ2v) is 9.49. The van der Waals surface area contributed by atoms with Crippen LogP contribution in [0.4, 0.5) is 5.69 Å². The number of hydrogen-bond acceptors (Lipinski definition) is 6. The van der Waals surface area contributed by atoms with Crippen LogP contribution < -0.4 is 45.1 Å². The first-order valence-electron chi connectivity index (χ1n) is 10.1. The van der Waals surface area contributed by atoms with Crippen molar-refractivity contribution in [3.05, 3.63) is 93.1 Å². The van der Waals surface area contributed by atoms with E-state index in [0.29, 0.717) is 12.2 Å². The van der Waals surface area contributed by atoms with Crippen molar-refractivity contribution in [2.24, 2.45) is 0 Å². The minimum absolute atomic E-state index is 0. The Morgan fingerprint density at radius 1 is 1.17 bits per heavy atom. The van der Waals surface area contributed by atoms with E-state index >= 15 is 0 Å². The number of amides is 1. The molecule has 4 rings (SSSR count). The summed E-state index contributed by atoms with van der Waals surface area (Å²) in [5.41, 5.74) is -1.73. The Labute approximate surface area is 221 Å². The predicted molar refractivity (Wildman–Crippen MR) is 125 cm³/mol. The molecule has 0 saturated carbocycles. The summed E-state index contributed by atoms with van der Waals surface area (Å²) < 4.78 is 29.2. The summed E-state index contributed by atoms with van der Waals surface area (Å²) in [7, 11) is -4.59. The molecule has 0 unspecified atom stereocenters. The van der Waals surface area contributed by atoms with Gasteiger partial charge in [0.1, 0.15) is 23.7 Å². The second-order valence-electron chi connectivity index (χ2n) is 7.26. The summed E-state index contributed by atoms with van der Waals surface area (Å²) >= 11 is 6.07. The maximum absolute atomic E-state index is 13.3. The normalized spacial score (nSPS) is 11.1. The van der Waals surface area contributed by atoms with Crippen molar-refractivity contribution in [3.63, 3.8) is 0 Å². The third-order valence-electron chi connectivity index (χ3n) is 5.05. The molecule has 0 aliphatic rings. The lowest BCUT2D eigenvalue weighted by Crippen LogP contribution is -3.00. The first-order chi connectivity index (χ1) is 16.2. The highest BCUT2D eigenvalue weighted by Crippen LogP contribution is 2.17. The number of carbonyl (C=O) groups excluding carboxylic acids is 1. The van der Waals surface area contributed by atoms with Gasteiger partial charge in [-0.2, -0.15) is 0 Å². The maximum Gasteiger partial charge on any atom is 0.346 e. The first-order valence-corrected chi connectivity index (χ1v) is 11.9. The summed E-state index contributed by atoms with van der Waals surface area (Å²) in [5, 5.41) is 2.80. The number of aromatic nitrogens is 4. The van der Waals surface area contributed by atoms with Crippen molar-refractivity contribution in [2.75, 3.05) is 5.32 Å². The maximum atomic E-state index is 13.3. The quantitative estimate of drug-likeness (QED) is 0.203. The Kier molecular flexibility index (Phi) is 8.07. The van der Waals surface area contributed by atoms with Gasteiger partial charge in [0.2, 0.25) is 5.91 Å². The fourth-order valence-corrected chi connectivity index (χ4v) is 4.87. The van der Waals surface area contributed by atoms with E-state index < -0.39 is 33.7 Å². The van der Waals surface area contributed by atoms with E-state index in [-0.39, 0.29) is 48.8 Å². The van der Waals surface area contributed by atoms with E-state index in [4.69, 9.17) is 11.6 Å². The average Bonchev–Trinajstić information content (AvgIpc) is 2.82. The lowest BCUT2D eigenvalue weighted by molar-refractivity contribution is -0.692. The number of rotatable bonds is 6. The molecule has 0 fully saturated rings. The first kappa shape index (κ1) is 26.5. The topological polar surface area (TPSA) is 124 Å². The van der Waals surface area contributed by atoms with Gasteiger partial charge in [0.25, 0.3) is 15.6 Å². The molecule has 0 spiro atoms. The number of hydrogen-bond donors (Lipinski definition) is 1. The minimum Gasteiger partial charge on any atom is -1.00 e. The molecule has 10 nitrogen and oxygen atoms in total. The lowest BCUT2D eigenvalue weighted by Gasteiger charge is -2.14. The third kappa shape index (κ3) is 5.28. The number of benzene rings is 1. The third-order valence-corrected chi connectivity index (χ3v) is 6.93. The zero-order valence-electron chi connectivity index (χ0n) is 18.3. The van der Waals surface area contributed by atoms with Gasteiger partial charge in [-0.15, -0.1) is 3.97 Å². The Morgan fingerprint density at radius 3 is 2.63 bits per heavy atom. The molecule has 4 aromatic rings. The molecular formula is C22H19ClIN5O5S. The number of nitrogens with one attached hydrogen (secondary N) is 1. The van der Waals surface area contributed by atoms with Crippen molar-refractivity contribution in [1.82, 2.24) is 13.5 Å². The van der Waals surface area contributed by atoms with Gasteiger partial charge >= 0.3 is 5.69 Å². The number of anilines is 1. The molecule has 3 heterocycles. The van der Waals surface area contributed by atoms with Crippen LogP contribution in [0.15, 0.2) is 81.7 Å². The fourth-order valence-electron chi connectivity index (χ4n) is 3.42. The van der Waals surface area contributed by atoms with Gasteiger partial charge in [-0.3, -0.25) is 19.1 Å². The van der Waals surface area contributed by atoms with E-state index in [1.807, 2.05) is 17.7 Å². The van der Waals surface area contributed by atoms with Gasteiger partial charge < -0.3 is 29.3 Å². The van der Waals surface area contributed by atoms with Crippen LogP contribution in [0.3, 0.4) is 0 Å². The van der Waals surface area contributed by atoms with Crippen LogP contribution in [0.25, 0.3) is 10.9 Å². The van der Waals surface area contributed by atoms with Gasteiger partial charge in [0.05, 0.1) is 10.9 Å². The second kappa shape index (κ2) is 10.7. The SMILES string of the molecule is CC[n+]1cccc(NC(=O)Cn2c(=O)n(S(=O)(=O)c3cccnc3)c(=O)c3ccc(Cl)cc32)c1.[I-]. The lowest BCUT2D eigenvalue weighted by atomic mass is 10.2. The summed E-state index contributed by atoms with van der Waals surface area (Å²) in [4.78, 5) is 42.6. The summed E-state index contributed by atoms with van der Waals surface area (Å²) in [6, 6.07) is 10.1. The molecule has 0 aliphatic heterocycles. The van der Waals surface area contributed by atoms with Crippen LogP contribution in [-0.4, -0.2) is 27.8 Å². The standard InChI is InChI=1S/C22H18ClN5O5S.HI/c1-2-26-10-4-5-16(13-26)25-20(29)14-27-19-11-15(23)7-8-18(19)21(30)28(22(27)31)34(32,33)17-6-3-9-24-12-17;/h3-13H,2,14H2,1H3;1H. The van der Waals surface area contributed by atoms with Crippen LogP contribution in [0.2, 0.25) is 5.02 Å². The van der Waals surface area contributed by atoms with Crippen molar-refractivity contribution >= 4 is 44.1 Å². The summed E-state index contributed by atoms with van der Waals surface area (Å²) in [6.07, 6.45) is 5.93. The van der Waals surface area contributed by atoms with Crippen LogP contribution in [0, 0.1) is 0 Å². The van der Waals surface area contributed by atoms with Crippen LogP contribution in [-0.2, 0) is 27.9 Å². The van der Waals surface area contributed by atoms with E-state index in [0.717, 1.165) is 10.8 Å². The van der Waals surface area contributed by atoms with E-state index in [1.165, 1.54) is 36.5 Å². The van der Waals surface area contributed by atoms with Gasteiger partial charge in [-0.05, 0) is 43.3 Å². The molecule has 3 aromatic heterocycles. The van der Waals surface area contributed by atoms with Crippen molar-refractivity contribution < 1.29 is 41.8 Å². The number of carbonyl (C=O) groups is 1. The molecular weight excluding hydrogens is 609 g/mol. The van der Waals surface area contributed by atoms with Crippen molar-refractivity contribution in [1.29, 1.82) is 0 Å². The Balaban J connectivity index is 0.00000342. The molecule has 1 N–H and O–H groups in total. The van der Waals surface area contributed by atoms with E-state index in [1.54, 1.807) is 18.3 Å². The molecule has 0 saturated heterocycles. The number of halogens is 2. The average molecular weight is 628 g/mol. The van der Waals surface area contributed by atoms with Crippen LogP contribution >= 0.6 is 11.6 Å². The number of aryl methyl sites for hydroxylation is 1. The zero-order chi connectivity index (χ0) is 24.5. The monoisotopic (exact) mass is 627 g/mol. The highest BCUT2D eigenvalue weighted by molar-refractivity contribution is 7.89. The van der Waals surface area contributed by atoms with Crippen LogP contribution in [0.1, 0.15) is 6.92 Å². The zero-order valence-corrected chi connectivity index (χ0v) is 22.0. The molecule has 0 aliphatic carbocycles. The number of fused-ring (bicyclic) bond motifs is 1. The molecule has 0 bridgehead atoms. The van der Waals surface area contributed by atoms with Crippen molar-refractivity contribution in [2.45, 2.75) is 24.9 Å². The van der Waals surface area contributed by atoms with Crippen LogP contribution in [0.5, 0.6) is 0 Å². The number of pyridine rings is 2. The van der Waals surface area contributed by atoms with Gasteiger partial charge in [0.15, 0.2) is 12.4 Å². The molecule has 13 heteroatoms. The fraction of sp³-hybridized carbons (Fsp3) is 0.136. The summed E-state index contributed by atoms with van der Waals surface area (Å²) in [5.74, 6) is -0.596. The summed E-state index contributed by atoms with van der Waals surface area (Å²) in [6.45, 7) is 2.07. The Hall–Kier alpha value is -3.10. The highest BCUT2D eigenvalue weighted by atomic mass is 127. The highest BCUT2D eigenvalue weighted by Gasteiger charge is 2.26. The molecule has 1 aromatic carbocycles. The molecule has 0 atom stereocenters. The van der Waals surface area contributed by atoms with E-state index in [9.17, 15) is 22.8 Å². The molecule has 0 radical (unpaired) electrons. The van der Waals surface area contributed by atoms with Gasteiger partial charge in [-0.25, -0.2) is 17.8 Å². The predicted octanol–water partition coefficient (Wildman–Crippen LogP) is -1.60. The minimum atomic E-state index is -4.59. The molecule has 1 amide bonds. The Morgan fingerprint density at radius 2 is 1.94 bits per heavy atom. The van der Waals surface area contributed by atoms with E-state index in [2.05, 4.69) is 10.3 Å². The van der Waals surface area contributed by atoms with Gasteiger partial charge in [-0.1, -0.05) is 11.6 Å². The molecule has 35 heavy (non-hydrogen) atoms. The molecule has 182 valence electrons. The van der Waals surface area contributed by atoms with Gasteiger partial charge in [0, 0.05) is 23.5 Å². The Bertz CT molecular complexity index is 1640. The largest absolute Gasteiger partial charge is 1.00 e.